The van der Waals surface area contributed by atoms with E-state index in [0.29, 0.717) is 29.1 Å². The van der Waals surface area contributed by atoms with Crippen molar-refractivity contribution in [1.82, 2.24) is 24.6 Å². The summed E-state index contributed by atoms with van der Waals surface area (Å²) in [6.45, 7) is 2.30. The highest BCUT2D eigenvalue weighted by molar-refractivity contribution is 6.31. The van der Waals surface area contributed by atoms with E-state index in [4.69, 9.17) is 11.6 Å². The first-order valence-electron chi connectivity index (χ1n) is 9.20. The average molecular weight is 384 g/mol. The second-order valence-corrected chi connectivity index (χ2v) is 7.72. The summed E-state index contributed by atoms with van der Waals surface area (Å²) < 4.78 is 16.5. The maximum Gasteiger partial charge on any atom is 0.165 e. The molecule has 27 heavy (non-hydrogen) atoms. The van der Waals surface area contributed by atoms with E-state index in [1.165, 1.54) is 6.07 Å². The molecule has 0 saturated carbocycles. The molecule has 4 heterocycles. The number of fused-ring (bicyclic) bond motifs is 3. The minimum atomic E-state index is -0.238. The Hall–Kier alpha value is -2.31. The molecule has 0 unspecified atom stereocenters. The SMILES string of the molecule is Fc1cccc(Cl)c1CN1C[C@H]2CCc3nnc(-c4cccnc4)n3[C@H]2C1. The van der Waals surface area contributed by atoms with Gasteiger partial charge in [-0.15, -0.1) is 10.2 Å². The highest BCUT2D eigenvalue weighted by Crippen LogP contribution is 2.39. The largest absolute Gasteiger partial charge is 0.306 e. The van der Waals surface area contributed by atoms with E-state index < -0.39 is 0 Å². The van der Waals surface area contributed by atoms with Gasteiger partial charge >= 0.3 is 0 Å². The molecule has 3 aromatic rings. The van der Waals surface area contributed by atoms with Gasteiger partial charge in [0.25, 0.3) is 0 Å². The number of rotatable bonds is 3. The van der Waals surface area contributed by atoms with E-state index in [2.05, 4.69) is 24.6 Å². The first-order valence-corrected chi connectivity index (χ1v) is 9.58. The Labute approximate surface area is 161 Å². The Bertz CT molecular complexity index is 954. The molecule has 5 nitrogen and oxygen atoms in total. The van der Waals surface area contributed by atoms with Crippen molar-refractivity contribution >= 4 is 11.6 Å². The van der Waals surface area contributed by atoms with Crippen LogP contribution in [-0.4, -0.2) is 37.7 Å². The number of aryl methyl sites for hydroxylation is 1. The highest BCUT2D eigenvalue weighted by atomic mass is 35.5. The Morgan fingerprint density at radius 1 is 1.15 bits per heavy atom. The zero-order chi connectivity index (χ0) is 18.4. The van der Waals surface area contributed by atoms with Crippen molar-refractivity contribution in [3.05, 3.63) is 65.0 Å². The summed E-state index contributed by atoms with van der Waals surface area (Å²) in [6, 6.07) is 9.10. The quantitative estimate of drug-likeness (QED) is 0.691. The highest BCUT2D eigenvalue weighted by Gasteiger charge is 2.40. The molecule has 0 bridgehead atoms. The first-order chi connectivity index (χ1) is 13.2. The number of nitrogens with zero attached hydrogens (tertiary/aromatic N) is 5. The van der Waals surface area contributed by atoms with Crippen LogP contribution in [0.1, 0.15) is 23.9 Å². The molecule has 2 aromatic heterocycles. The molecule has 2 atom stereocenters. The lowest BCUT2D eigenvalue weighted by atomic mass is 9.93. The molecule has 0 N–H and O–H groups in total. The third-order valence-electron chi connectivity index (χ3n) is 5.68. The van der Waals surface area contributed by atoms with Gasteiger partial charge in [-0.1, -0.05) is 17.7 Å². The standard InChI is InChI=1S/C20H19ClFN5/c21-16-4-1-5-17(22)15(16)11-26-10-14-6-7-19-24-25-20(27(19)18(14)12-26)13-3-2-8-23-9-13/h1-5,8-9,14,18H,6-7,10-12H2/t14-,18+/m1/s1. The van der Waals surface area contributed by atoms with Gasteiger partial charge in [-0.3, -0.25) is 9.88 Å². The predicted octanol–water partition coefficient (Wildman–Crippen LogP) is 3.75. The zero-order valence-corrected chi connectivity index (χ0v) is 15.5. The van der Waals surface area contributed by atoms with Crippen LogP contribution in [0.3, 0.4) is 0 Å². The van der Waals surface area contributed by atoms with Crippen LogP contribution < -0.4 is 0 Å². The van der Waals surface area contributed by atoms with E-state index in [9.17, 15) is 4.39 Å². The number of hydrogen-bond acceptors (Lipinski definition) is 4. The summed E-state index contributed by atoms with van der Waals surface area (Å²) in [4.78, 5) is 6.51. The van der Waals surface area contributed by atoms with Crippen LogP contribution in [0.5, 0.6) is 0 Å². The lowest BCUT2D eigenvalue weighted by molar-refractivity contribution is 0.308. The normalized spacial score (nSPS) is 21.9. The van der Waals surface area contributed by atoms with Gasteiger partial charge in [-0.25, -0.2) is 4.39 Å². The molecule has 1 fully saturated rings. The van der Waals surface area contributed by atoms with Crippen molar-refractivity contribution in [2.45, 2.75) is 25.4 Å². The molecule has 0 spiro atoms. The Kier molecular flexibility index (Phi) is 4.17. The second kappa shape index (κ2) is 6.69. The van der Waals surface area contributed by atoms with Crippen LogP contribution in [0.4, 0.5) is 4.39 Å². The topological polar surface area (TPSA) is 46.8 Å². The van der Waals surface area contributed by atoms with Gasteiger partial charge < -0.3 is 4.57 Å². The van der Waals surface area contributed by atoms with Gasteiger partial charge in [0.05, 0.1) is 6.04 Å². The molecule has 2 aliphatic rings. The second-order valence-electron chi connectivity index (χ2n) is 7.31. The molecule has 0 aliphatic carbocycles. The predicted molar refractivity (Wildman–Crippen MR) is 101 cm³/mol. The molecule has 138 valence electrons. The molecular formula is C20H19ClFN5. The summed E-state index contributed by atoms with van der Waals surface area (Å²) in [5.41, 5.74) is 1.56. The lowest BCUT2D eigenvalue weighted by Gasteiger charge is -2.27. The van der Waals surface area contributed by atoms with Crippen molar-refractivity contribution in [3.8, 4) is 11.4 Å². The number of halogens is 2. The number of aromatic nitrogens is 4. The van der Waals surface area contributed by atoms with Gasteiger partial charge in [-0.05, 0) is 36.6 Å². The third-order valence-corrected chi connectivity index (χ3v) is 6.04. The van der Waals surface area contributed by atoms with Crippen LogP contribution in [-0.2, 0) is 13.0 Å². The van der Waals surface area contributed by atoms with E-state index in [1.54, 1.807) is 18.3 Å². The maximum absolute atomic E-state index is 14.2. The smallest absolute Gasteiger partial charge is 0.165 e. The van der Waals surface area contributed by atoms with Crippen LogP contribution in [0.25, 0.3) is 11.4 Å². The number of hydrogen-bond donors (Lipinski definition) is 0. The lowest BCUT2D eigenvalue weighted by Crippen LogP contribution is -2.26. The van der Waals surface area contributed by atoms with Gasteiger partial charge in [0.1, 0.15) is 11.6 Å². The average Bonchev–Trinajstić information content (AvgIpc) is 3.29. The third kappa shape index (κ3) is 2.93. The Morgan fingerprint density at radius 2 is 2.07 bits per heavy atom. The summed E-state index contributed by atoms with van der Waals surface area (Å²) >= 11 is 6.23. The molecule has 7 heteroatoms. The fourth-order valence-electron chi connectivity index (χ4n) is 4.40. The number of likely N-dealkylation sites (tertiary alicyclic amines) is 1. The molecule has 1 saturated heterocycles. The van der Waals surface area contributed by atoms with E-state index >= 15 is 0 Å². The van der Waals surface area contributed by atoms with Crippen LogP contribution in [0, 0.1) is 11.7 Å². The van der Waals surface area contributed by atoms with E-state index in [-0.39, 0.29) is 5.82 Å². The summed E-state index contributed by atoms with van der Waals surface area (Å²) in [5, 5.41) is 9.35. The number of pyridine rings is 1. The van der Waals surface area contributed by atoms with Crippen molar-refractivity contribution in [2.24, 2.45) is 5.92 Å². The summed E-state index contributed by atoms with van der Waals surface area (Å²) in [7, 11) is 0. The summed E-state index contributed by atoms with van der Waals surface area (Å²) in [6.07, 6.45) is 5.59. The molecule has 0 amide bonds. The maximum atomic E-state index is 14.2. The van der Waals surface area contributed by atoms with Crippen molar-refractivity contribution in [3.63, 3.8) is 0 Å². The van der Waals surface area contributed by atoms with Gasteiger partial charge in [0.2, 0.25) is 0 Å². The van der Waals surface area contributed by atoms with Crippen molar-refractivity contribution in [2.75, 3.05) is 13.1 Å². The van der Waals surface area contributed by atoms with Gasteiger partial charge in [0, 0.05) is 54.6 Å². The fourth-order valence-corrected chi connectivity index (χ4v) is 4.63. The monoisotopic (exact) mass is 383 g/mol. The molecule has 1 aromatic carbocycles. The fraction of sp³-hybridized carbons (Fsp3) is 0.350. The van der Waals surface area contributed by atoms with Crippen molar-refractivity contribution < 1.29 is 4.39 Å². The minimum Gasteiger partial charge on any atom is -0.306 e. The van der Waals surface area contributed by atoms with Gasteiger partial charge in [0.15, 0.2) is 5.82 Å². The van der Waals surface area contributed by atoms with Crippen LogP contribution >= 0.6 is 11.6 Å². The van der Waals surface area contributed by atoms with E-state index in [0.717, 1.165) is 43.1 Å². The number of benzene rings is 1. The molecule has 0 radical (unpaired) electrons. The zero-order valence-electron chi connectivity index (χ0n) is 14.7. The van der Waals surface area contributed by atoms with Crippen LogP contribution in [0.2, 0.25) is 5.02 Å². The molecule has 2 aliphatic heterocycles. The van der Waals surface area contributed by atoms with Crippen LogP contribution in [0.15, 0.2) is 42.7 Å². The Balaban J connectivity index is 1.44. The molecule has 5 rings (SSSR count). The van der Waals surface area contributed by atoms with Gasteiger partial charge in [-0.2, -0.15) is 0 Å². The molecular weight excluding hydrogens is 365 g/mol. The summed E-state index contributed by atoms with van der Waals surface area (Å²) in [5.74, 6) is 2.17. The van der Waals surface area contributed by atoms with Crippen molar-refractivity contribution in [1.29, 1.82) is 0 Å². The van der Waals surface area contributed by atoms with E-state index in [1.807, 2.05) is 18.3 Å². The first kappa shape index (κ1) is 16.8. The Morgan fingerprint density at radius 3 is 2.89 bits per heavy atom. The minimum absolute atomic E-state index is 0.238.